The molecule has 21 heavy (non-hydrogen) atoms. The van der Waals surface area contributed by atoms with Crippen LogP contribution in [0.4, 0.5) is 0 Å². The van der Waals surface area contributed by atoms with Crippen LogP contribution in [-0.4, -0.2) is 35.6 Å². The molecule has 0 bridgehead atoms. The molecule has 1 aromatic rings. The van der Waals surface area contributed by atoms with Crippen molar-refractivity contribution < 1.29 is 14.4 Å². The lowest BCUT2D eigenvalue weighted by molar-refractivity contribution is -0.0235. The number of aliphatic hydroxyl groups is 1. The number of aromatic nitrogens is 1. The summed E-state index contributed by atoms with van der Waals surface area (Å²) in [7, 11) is 0. The van der Waals surface area contributed by atoms with Crippen LogP contribution >= 0.6 is 0 Å². The zero-order chi connectivity index (χ0) is 15.2. The van der Waals surface area contributed by atoms with Crippen molar-refractivity contribution in [3.63, 3.8) is 0 Å². The number of ether oxygens (including phenoxy) is 1. The first-order valence-corrected chi connectivity index (χ1v) is 8.03. The van der Waals surface area contributed by atoms with E-state index in [0.717, 1.165) is 29.9 Å². The Morgan fingerprint density at radius 2 is 2.05 bits per heavy atom. The number of hydrogen-bond donors (Lipinski definition) is 2. The van der Waals surface area contributed by atoms with E-state index < -0.39 is 6.10 Å². The molecule has 120 valence electrons. The maximum absolute atomic E-state index is 10.0. The number of hydrogen-bond acceptors (Lipinski definition) is 5. The molecule has 1 fully saturated rings. The van der Waals surface area contributed by atoms with Gasteiger partial charge in [-0.15, -0.1) is 0 Å². The van der Waals surface area contributed by atoms with Crippen molar-refractivity contribution in [1.29, 1.82) is 0 Å². The summed E-state index contributed by atoms with van der Waals surface area (Å²) in [5.41, 5.74) is 1.98. The van der Waals surface area contributed by atoms with Gasteiger partial charge in [0.2, 0.25) is 0 Å². The Kier molecular flexibility index (Phi) is 6.21. The molecule has 5 nitrogen and oxygen atoms in total. The fourth-order valence-corrected chi connectivity index (χ4v) is 3.06. The van der Waals surface area contributed by atoms with Gasteiger partial charge in [0, 0.05) is 18.2 Å². The molecule has 1 aromatic heterocycles. The van der Waals surface area contributed by atoms with E-state index in [1.54, 1.807) is 0 Å². The minimum absolute atomic E-state index is 0.112. The highest BCUT2D eigenvalue weighted by Crippen LogP contribution is 2.21. The second-order valence-corrected chi connectivity index (χ2v) is 6.11. The van der Waals surface area contributed by atoms with Crippen molar-refractivity contribution in [3.05, 3.63) is 17.0 Å². The van der Waals surface area contributed by atoms with Gasteiger partial charge in [0.05, 0.1) is 24.5 Å². The highest BCUT2D eigenvalue weighted by Gasteiger charge is 2.18. The average Bonchev–Trinajstić information content (AvgIpc) is 2.83. The highest BCUT2D eigenvalue weighted by molar-refractivity contribution is 5.24. The van der Waals surface area contributed by atoms with Crippen molar-refractivity contribution in [1.82, 2.24) is 10.5 Å². The molecule has 0 aromatic carbocycles. The van der Waals surface area contributed by atoms with Crippen LogP contribution in [-0.2, 0) is 4.74 Å². The van der Waals surface area contributed by atoms with Gasteiger partial charge in [-0.05, 0) is 33.6 Å². The van der Waals surface area contributed by atoms with E-state index in [9.17, 15) is 5.11 Å². The molecule has 1 aliphatic carbocycles. The first-order valence-electron chi connectivity index (χ1n) is 8.03. The number of nitrogens with one attached hydrogen (secondary N) is 1. The molecule has 0 spiro atoms. The number of rotatable bonds is 7. The molecule has 2 atom stereocenters. The molecule has 1 heterocycles. The van der Waals surface area contributed by atoms with E-state index in [4.69, 9.17) is 9.26 Å². The number of aryl methyl sites for hydroxylation is 2. The molecular formula is C16H28N2O3. The zero-order valence-electron chi connectivity index (χ0n) is 13.4. The van der Waals surface area contributed by atoms with E-state index >= 15 is 0 Å². The fraction of sp³-hybridized carbons (Fsp3) is 0.812. The standard InChI is InChI=1S/C16H28N2O3/c1-11(16-12(2)18-21-13(16)3)17-9-14(19)10-20-15-7-5-4-6-8-15/h11,14-15,17,19H,4-10H2,1-3H3. The smallest absolute Gasteiger partial charge is 0.138 e. The molecular weight excluding hydrogens is 268 g/mol. The van der Waals surface area contributed by atoms with Crippen LogP contribution in [0.1, 0.15) is 62.1 Å². The van der Waals surface area contributed by atoms with Crippen molar-refractivity contribution in [2.45, 2.75) is 71.1 Å². The SMILES string of the molecule is Cc1noc(C)c1C(C)NCC(O)COC1CCCCC1. The summed E-state index contributed by atoms with van der Waals surface area (Å²) >= 11 is 0. The molecule has 1 aliphatic rings. The molecule has 1 saturated carbocycles. The molecule has 0 radical (unpaired) electrons. The second-order valence-electron chi connectivity index (χ2n) is 6.11. The highest BCUT2D eigenvalue weighted by atomic mass is 16.5. The summed E-state index contributed by atoms with van der Waals surface area (Å²) in [5.74, 6) is 0.834. The minimum atomic E-state index is -0.477. The minimum Gasteiger partial charge on any atom is -0.389 e. The Balaban J connectivity index is 1.69. The molecule has 2 rings (SSSR count). The zero-order valence-corrected chi connectivity index (χ0v) is 13.4. The first kappa shape index (κ1) is 16.5. The quantitative estimate of drug-likeness (QED) is 0.809. The molecule has 2 N–H and O–H groups in total. The van der Waals surface area contributed by atoms with E-state index in [0.29, 0.717) is 19.3 Å². The largest absolute Gasteiger partial charge is 0.389 e. The number of aliphatic hydroxyl groups excluding tert-OH is 1. The van der Waals surface area contributed by atoms with Gasteiger partial charge in [-0.1, -0.05) is 24.4 Å². The van der Waals surface area contributed by atoms with Crippen LogP contribution in [0.2, 0.25) is 0 Å². The van der Waals surface area contributed by atoms with Crippen LogP contribution in [0.5, 0.6) is 0 Å². The molecule has 0 aliphatic heterocycles. The van der Waals surface area contributed by atoms with Crippen molar-refractivity contribution >= 4 is 0 Å². The summed E-state index contributed by atoms with van der Waals surface area (Å²) in [5, 5.41) is 17.3. The van der Waals surface area contributed by atoms with Gasteiger partial charge >= 0.3 is 0 Å². The lowest BCUT2D eigenvalue weighted by atomic mass is 9.98. The van der Waals surface area contributed by atoms with E-state index in [1.165, 1.54) is 19.3 Å². The van der Waals surface area contributed by atoms with Gasteiger partial charge in [-0.3, -0.25) is 0 Å². The van der Waals surface area contributed by atoms with E-state index in [1.807, 2.05) is 13.8 Å². The van der Waals surface area contributed by atoms with Crippen molar-refractivity contribution in [3.8, 4) is 0 Å². The lowest BCUT2D eigenvalue weighted by Crippen LogP contribution is -2.34. The van der Waals surface area contributed by atoms with Gasteiger partial charge in [-0.25, -0.2) is 0 Å². The van der Waals surface area contributed by atoms with Gasteiger partial charge in [0.1, 0.15) is 5.76 Å². The Morgan fingerprint density at radius 1 is 1.33 bits per heavy atom. The van der Waals surface area contributed by atoms with Crippen LogP contribution in [0.15, 0.2) is 4.52 Å². The third-order valence-electron chi connectivity index (χ3n) is 4.26. The summed E-state index contributed by atoms with van der Waals surface area (Å²) in [6, 6.07) is 0.112. The molecule has 2 unspecified atom stereocenters. The summed E-state index contributed by atoms with van der Waals surface area (Å²) in [6.07, 6.45) is 5.96. The maximum atomic E-state index is 10.0. The number of nitrogens with zero attached hydrogens (tertiary/aromatic N) is 1. The third-order valence-corrected chi connectivity index (χ3v) is 4.26. The second kappa shape index (κ2) is 7.92. The third kappa shape index (κ3) is 4.80. The van der Waals surface area contributed by atoms with Crippen molar-refractivity contribution in [2.24, 2.45) is 0 Å². The van der Waals surface area contributed by atoms with Crippen LogP contribution < -0.4 is 5.32 Å². The van der Waals surface area contributed by atoms with Gasteiger partial charge in [-0.2, -0.15) is 0 Å². The van der Waals surface area contributed by atoms with Crippen LogP contribution in [0, 0.1) is 13.8 Å². The van der Waals surface area contributed by atoms with E-state index in [-0.39, 0.29) is 6.04 Å². The Morgan fingerprint density at radius 3 is 2.67 bits per heavy atom. The Hall–Kier alpha value is -0.910. The van der Waals surface area contributed by atoms with Gasteiger partial charge in [0.15, 0.2) is 0 Å². The van der Waals surface area contributed by atoms with E-state index in [2.05, 4.69) is 17.4 Å². The molecule has 5 heteroatoms. The summed E-state index contributed by atoms with van der Waals surface area (Å²) < 4.78 is 11.0. The molecule has 0 amide bonds. The lowest BCUT2D eigenvalue weighted by Gasteiger charge is -2.24. The van der Waals surface area contributed by atoms with Crippen LogP contribution in [0.25, 0.3) is 0 Å². The molecule has 0 saturated heterocycles. The monoisotopic (exact) mass is 296 g/mol. The Bertz CT molecular complexity index is 408. The van der Waals surface area contributed by atoms with Crippen LogP contribution in [0.3, 0.4) is 0 Å². The summed E-state index contributed by atoms with van der Waals surface area (Å²) in [4.78, 5) is 0. The first-order chi connectivity index (χ1) is 10.1. The van der Waals surface area contributed by atoms with Gasteiger partial charge in [0.25, 0.3) is 0 Å². The average molecular weight is 296 g/mol. The topological polar surface area (TPSA) is 67.5 Å². The Labute approximate surface area is 127 Å². The van der Waals surface area contributed by atoms with Crippen molar-refractivity contribution in [2.75, 3.05) is 13.2 Å². The van der Waals surface area contributed by atoms with Gasteiger partial charge < -0.3 is 19.7 Å². The summed E-state index contributed by atoms with van der Waals surface area (Å²) in [6.45, 7) is 6.83. The fourth-order valence-electron chi connectivity index (χ4n) is 3.06. The predicted octanol–water partition coefficient (Wildman–Crippen LogP) is 2.65. The normalized spacial score (nSPS) is 19.6. The predicted molar refractivity (Wildman–Crippen MR) is 81.2 cm³/mol. The maximum Gasteiger partial charge on any atom is 0.138 e.